The zero-order valence-electron chi connectivity index (χ0n) is 10.3. The molecule has 0 aromatic heterocycles. The van der Waals surface area contributed by atoms with Crippen LogP contribution in [0.1, 0.15) is 24.8 Å². The Kier molecular flexibility index (Phi) is 3.22. The molecule has 1 aromatic rings. The number of ether oxygens (including phenoxy) is 2. The second kappa shape index (κ2) is 4.65. The lowest BCUT2D eigenvalue weighted by Crippen LogP contribution is -2.24. The normalized spacial score (nSPS) is 23.4. The van der Waals surface area contributed by atoms with Crippen molar-refractivity contribution in [2.24, 2.45) is 0 Å². The monoisotopic (exact) mass is 235 g/mol. The van der Waals surface area contributed by atoms with Gasteiger partial charge in [0, 0.05) is 23.9 Å². The summed E-state index contributed by atoms with van der Waals surface area (Å²) in [6.45, 7) is 2.01. The van der Waals surface area contributed by atoms with E-state index in [0.717, 1.165) is 17.1 Å². The van der Waals surface area contributed by atoms with Crippen molar-refractivity contribution in [3.8, 4) is 11.5 Å². The molecule has 17 heavy (non-hydrogen) atoms. The molecule has 2 atom stereocenters. The lowest BCUT2D eigenvalue weighted by atomic mass is 9.92. The summed E-state index contributed by atoms with van der Waals surface area (Å²) in [4.78, 5) is 11.4. The lowest BCUT2D eigenvalue weighted by molar-refractivity contribution is -0.119. The van der Waals surface area contributed by atoms with E-state index in [0.29, 0.717) is 6.42 Å². The van der Waals surface area contributed by atoms with Crippen molar-refractivity contribution >= 4 is 5.91 Å². The molecule has 2 unspecified atom stereocenters. The van der Waals surface area contributed by atoms with E-state index < -0.39 is 0 Å². The maximum atomic E-state index is 11.4. The van der Waals surface area contributed by atoms with Crippen LogP contribution in [0.3, 0.4) is 0 Å². The number of methoxy groups -OCH3 is 2. The molecular formula is C13H17NO3. The SMILES string of the molecule is COc1ccc(OC)c(C2CC(=O)NC2C)c1. The third kappa shape index (κ3) is 2.20. The largest absolute Gasteiger partial charge is 0.497 e. The van der Waals surface area contributed by atoms with Crippen LogP contribution < -0.4 is 14.8 Å². The summed E-state index contributed by atoms with van der Waals surface area (Å²) in [6.07, 6.45) is 0.505. The number of hydrogen-bond acceptors (Lipinski definition) is 3. The highest BCUT2D eigenvalue weighted by Crippen LogP contribution is 2.36. The van der Waals surface area contributed by atoms with Gasteiger partial charge in [-0.05, 0) is 25.1 Å². The van der Waals surface area contributed by atoms with Crippen LogP contribution in [0.2, 0.25) is 0 Å². The van der Waals surface area contributed by atoms with Crippen molar-refractivity contribution in [2.75, 3.05) is 14.2 Å². The van der Waals surface area contributed by atoms with E-state index in [-0.39, 0.29) is 17.9 Å². The van der Waals surface area contributed by atoms with Crippen LogP contribution in [0.25, 0.3) is 0 Å². The van der Waals surface area contributed by atoms with E-state index in [1.807, 2.05) is 25.1 Å². The third-order valence-corrected chi connectivity index (χ3v) is 3.23. The Balaban J connectivity index is 2.38. The highest BCUT2D eigenvalue weighted by molar-refractivity contribution is 5.80. The third-order valence-electron chi connectivity index (χ3n) is 3.23. The van der Waals surface area contributed by atoms with Gasteiger partial charge in [0.05, 0.1) is 14.2 Å². The molecular weight excluding hydrogens is 218 g/mol. The molecule has 1 heterocycles. The summed E-state index contributed by atoms with van der Waals surface area (Å²) >= 11 is 0. The minimum absolute atomic E-state index is 0.0902. The Morgan fingerprint density at radius 3 is 2.59 bits per heavy atom. The minimum Gasteiger partial charge on any atom is -0.497 e. The molecule has 1 fully saturated rings. The number of hydrogen-bond donors (Lipinski definition) is 1. The first-order chi connectivity index (χ1) is 8.15. The Morgan fingerprint density at radius 1 is 1.29 bits per heavy atom. The van der Waals surface area contributed by atoms with Crippen molar-refractivity contribution in [2.45, 2.75) is 25.3 Å². The molecule has 1 aliphatic rings. The lowest BCUT2D eigenvalue weighted by Gasteiger charge is -2.18. The van der Waals surface area contributed by atoms with Gasteiger partial charge in [-0.25, -0.2) is 0 Å². The first-order valence-electron chi connectivity index (χ1n) is 5.67. The standard InChI is InChI=1S/C13H17NO3/c1-8-10(7-13(15)14-8)11-6-9(16-2)4-5-12(11)17-3/h4-6,8,10H,7H2,1-3H3,(H,14,15). The number of benzene rings is 1. The summed E-state index contributed by atoms with van der Waals surface area (Å²) in [7, 11) is 3.27. The van der Waals surface area contributed by atoms with Crippen molar-refractivity contribution in [1.29, 1.82) is 0 Å². The van der Waals surface area contributed by atoms with Gasteiger partial charge in [0.1, 0.15) is 11.5 Å². The van der Waals surface area contributed by atoms with Crippen LogP contribution in [-0.2, 0) is 4.79 Å². The van der Waals surface area contributed by atoms with E-state index in [2.05, 4.69) is 5.32 Å². The van der Waals surface area contributed by atoms with Gasteiger partial charge in [-0.2, -0.15) is 0 Å². The summed E-state index contributed by atoms with van der Waals surface area (Å²) in [5.41, 5.74) is 1.03. The van der Waals surface area contributed by atoms with Crippen molar-refractivity contribution < 1.29 is 14.3 Å². The molecule has 0 radical (unpaired) electrons. The zero-order chi connectivity index (χ0) is 12.4. The summed E-state index contributed by atoms with van der Waals surface area (Å²) in [5, 5.41) is 2.92. The number of nitrogens with one attached hydrogen (secondary N) is 1. The second-order valence-electron chi connectivity index (χ2n) is 4.27. The van der Waals surface area contributed by atoms with Gasteiger partial charge in [-0.15, -0.1) is 0 Å². The van der Waals surface area contributed by atoms with Gasteiger partial charge >= 0.3 is 0 Å². The number of rotatable bonds is 3. The van der Waals surface area contributed by atoms with Crippen LogP contribution in [0.5, 0.6) is 11.5 Å². The predicted molar refractivity (Wildman–Crippen MR) is 64.5 cm³/mol. The van der Waals surface area contributed by atoms with Crippen LogP contribution in [-0.4, -0.2) is 26.2 Å². The van der Waals surface area contributed by atoms with Crippen LogP contribution in [0, 0.1) is 0 Å². The Bertz CT molecular complexity index is 431. The first kappa shape index (κ1) is 11.8. The maximum Gasteiger partial charge on any atom is 0.220 e. The van der Waals surface area contributed by atoms with E-state index in [1.165, 1.54) is 0 Å². The number of carbonyl (C=O) groups excluding carboxylic acids is 1. The topological polar surface area (TPSA) is 47.6 Å². The van der Waals surface area contributed by atoms with E-state index >= 15 is 0 Å². The van der Waals surface area contributed by atoms with Crippen LogP contribution in [0.4, 0.5) is 0 Å². The molecule has 0 saturated carbocycles. The first-order valence-corrected chi connectivity index (χ1v) is 5.67. The molecule has 1 amide bonds. The fraction of sp³-hybridized carbons (Fsp3) is 0.462. The summed E-state index contributed by atoms with van der Waals surface area (Å²) in [5.74, 6) is 1.83. The van der Waals surface area contributed by atoms with Gasteiger partial charge in [0.2, 0.25) is 5.91 Å². The van der Waals surface area contributed by atoms with Crippen LogP contribution in [0.15, 0.2) is 18.2 Å². The highest BCUT2D eigenvalue weighted by atomic mass is 16.5. The van der Waals surface area contributed by atoms with Gasteiger partial charge in [-0.1, -0.05) is 0 Å². The molecule has 1 saturated heterocycles. The van der Waals surface area contributed by atoms with Crippen molar-refractivity contribution in [3.05, 3.63) is 23.8 Å². The number of carbonyl (C=O) groups is 1. The van der Waals surface area contributed by atoms with E-state index in [4.69, 9.17) is 9.47 Å². The summed E-state index contributed by atoms with van der Waals surface area (Å²) in [6, 6.07) is 5.81. The molecule has 92 valence electrons. The fourth-order valence-corrected chi connectivity index (χ4v) is 2.30. The Hall–Kier alpha value is -1.71. The molecule has 0 aliphatic carbocycles. The predicted octanol–water partition coefficient (Wildman–Crippen LogP) is 1.70. The Labute approximate surface area is 101 Å². The highest BCUT2D eigenvalue weighted by Gasteiger charge is 2.32. The van der Waals surface area contributed by atoms with Gasteiger partial charge < -0.3 is 14.8 Å². The molecule has 0 spiro atoms. The molecule has 4 heteroatoms. The minimum atomic E-state index is 0.0902. The second-order valence-corrected chi connectivity index (χ2v) is 4.27. The molecule has 1 aliphatic heterocycles. The maximum absolute atomic E-state index is 11.4. The molecule has 1 N–H and O–H groups in total. The van der Waals surface area contributed by atoms with Crippen LogP contribution >= 0.6 is 0 Å². The quantitative estimate of drug-likeness (QED) is 0.867. The summed E-state index contributed by atoms with van der Waals surface area (Å²) < 4.78 is 10.6. The van der Waals surface area contributed by atoms with E-state index in [1.54, 1.807) is 14.2 Å². The van der Waals surface area contributed by atoms with Gasteiger partial charge in [0.25, 0.3) is 0 Å². The molecule has 4 nitrogen and oxygen atoms in total. The molecule has 1 aromatic carbocycles. The Morgan fingerprint density at radius 2 is 2.06 bits per heavy atom. The van der Waals surface area contributed by atoms with Gasteiger partial charge in [-0.3, -0.25) is 4.79 Å². The van der Waals surface area contributed by atoms with Crippen molar-refractivity contribution in [1.82, 2.24) is 5.32 Å². The average molecular weight is 235 g/mol. The molecule has 2 rings (SSSR count). The zero-order valence-corrected chi connectivity index (χ0v) is 10.3. The fourth-order valence-electron chi connectivity index (χ4n) is 2.30. The van der Waals surface area contributed by atoms with Gasteiger partial charge in [0.15, 0.2) is 0 Å². The average Bonchev–Trinajstić information content (AvgIpc) is 2.67. The smallest absolute Gasteiger partial charge is 0.220 e. The molecule has 0 bridgehead atoms. The van der Waals surface area contributed by atoms with E-state index in [9.17, 15) is 4.79 Å². The van der Waals surface area contributed by atoms with Crippen molar-refractivity contribution in [3.63, 3.8) is 0 Å². The number of amides is 1.